The molecule has 0 radical (unpaired) electrons. The first-order valence-electron chi connectivity index (χ1n) is 11.3. The van der Waals surface area contributed by atoms with Crippen LogP contribution in [-0.2, 0) is 11.3 Å². The number of furan rings is 1. The van der Waals surface area contributed by atoms with E-state index in [1.165, 1.54) is 23.1 Å². The zero-order chi connectivity index (χ0) is 25.9. The van der Waals surface area contributed by atoms with Crippen molar-refractivity contribution in [3.63, 3.8) is 0 Å². The number of aliphatic hydroxyl groups is 1. The van der Waals surface area contributed by atoms with Crippen molar-refractivity contribution < 1.29 is 14.3 Å². The maximum absolute atomic E-state index is 13.2. The quantitative estimate of drug-likeness (QED) is 0.324. The van der Waals surface area contributed by atoms with Gasteiger partial charge in [-0.05, 0) is 42.2 Å². The number of benzene rings is 1. The van der Waals surface area contributed by atoms with Gasteiger partial charge < -0.3 is 14.4 Å². The van der Waals surface area contributed by atoms with Crippen molar-refractivity contribution in [2.75, 3.05) is 6.73 Å². The van der Waals surface area contributed by atoms with Gasteiger partial charge in [-0.25, -0.2) is 9.59 Å². The van der Waals surface area contributed by atoms with Crippen molar-refractivity contribution in [1.29, 1.82) is 0 Å². The lowest BCUT2D eigenvalue weighted by Gasteiger charge is -2.49. The summed E-state index contributed by atoms with van der Waals surface area (Å²) in [7, 11) is 0. The van der Waals surface area contributed by atoms with E-state index in [0.717, 1.165) is 4.57 Å². The predicted molar refractivity (Wildman–Crippen MR) is 132 cm³/mol. The van der Waals surface area contributed by atoms with Crippen LogP contribution in [0.1, 0.15) is 40.0 Å². The average Bonchev–Trinajstić information content (AvgIpc) is 3.18. The van der Waals surface area contributed by atoms with Crippen LogP contribution in [0.5, 0.6) is 0 Å². The highest BCUT2D eigenvalue weighted by molar-refractivity contribution is 5.97. The van der Waals surface area contributed by atoms with Gasteiger partial charge in [0.2, 0.25) is 0 Å². The number of hydrogen-bond donors (Lipinski definition) is 1. The smallest absolute Gasteiger partial charge is 0.346 e. The molecule has 1 saturated carbocycles. The van der Waals surface area contributed by atoms with Gasteiger partial charge in [0.1, 0.15) is 6.73 Å². The third-order valence-electron chi connectivity index (χ3n) is 7.07. The van der Waals surface area contributed by atoms with Gasteiger partial charge >= 0.3 is 11.3 Å². The lowest BCUT2D eigenvalue weighted by Crippen LogP contribution is -2.51. The van der Waals surface area contributed by atoms with Crippen LogP contribution in [-0.4, -0.2) is 33.3 Å². The molecular formula is C26H28N2O7. The van der Waals surface area contributed by atoms with Gasteiger partial charge in [0.25, 0.3) is 17.0 Å². The summed E-state index contributed by atoms with van der Waals surface area (Å²) in [6, 6.07) is 2.16. The number of nitrogens with zero attached hydrogens (tertiary/aromatic N) is 2. The van der Waals surface area contributed by atoms with Crippen LogP contribution in [0.4, 0.5) is 0 Å². The maximum atomic E-state index is 13.2. The highest BCUT2D eigenvalue weighted by Gasteiger charge is 2.44. The van der Waals surface area contributed by atoms with Gasteiger partial charge in [-0.3, -0.25) is 19.0 Å². The number of rotatable bonds is 6. The van der Waals surface area contributed by atoms with E-state index >= 15 is 0 Å². The Morgan fingerprint density at radius 2 is 1.63 bits per heavy atom. The van der Waals surface area contributed by atoms with Gasteiger partial charge in [0.15, 0.2) is 0 Å². The van der Waals surface area contributed by atoms with Gasteiger partial charge in [-0.1, -0.05) is 40.0 Å². The van der Waals surface area contributed by atoms with E-state index < -0.39 is 40.4 Å². The molecule has 1 fully saturated rings. The second kappa shape index (κ2) is 8.27. The summed E-state index contributed by atoms with van der Waals surface area (Å²) in [6.45, 7) is 12.9. The van der Waals surface area contributed by atoms with Crippen LogP contribution in [0.2, 0.25) is 0 Å². The van der Waals surface area contributed by atoms with Gasteiger partial charge in [0.05, 0.1) is 21.5 Å². The molecular weight excluding hydrogens is 452 g/mol. The molecule has 0 aliphatic heterocycles. The summed E-state index contributed by atoms with van der Waals surface area (Å²) < 4.78 is 5.72. The fraction of sp³-hybridized carbons (Fsp3) is 0.423. The van der Waals surface area contributed by atoms with E-state index in [0.29, 0.717) is 19.3 Å². The number of amides is 1. The van der Waals surface area contributed by atoms with Crippen molar-refractivity contribution >= 4 is 27.5 Å². The topological polar surface area (TPSA) is 127 Å². The summed E-state index contributed by atoms with van der Waals surface area (Å²) in [6.07, 6.45) is 3.08. The lowest BCUT2D eigenvalue weighted by atomic mass is 9.62. The first kappa shape index (κ1) is 24.5. The first-order chi connectivity index (χ1) is 16.3. The number of hydrogen-bond acceptors (Lipinski definition) is 7. The normalized spacial score (nSPS) is 21.9. The number of carbonyl (C=O) groups excluding carboxylic acids is 1. The van der Waals surface area contributed by atoms with Crippen molar-refractivity contribution in [3.8, 4) is 0 Å². The van der Waals surface area contributed by atoms with Crippen molar-refractivity contribution in [1.82, 2.24) is 9.47 Å². The molecule has 1 aliphatic carbocycles. The zero-order valence-corrected chi connectivity index (χ0v) is 20.1. The molecule has 35 heavy (non-hydrogen) atoms. The van der Waals surface area contributed by atoms with Crippen LogP contribution in [0, 0.1) is 10.8 Å². The van der Waals surface area contributed by atoms with Gasteiger partial charge in [-0.2, -0.15) is 0 Å². The molecule has 1 aromatic carbocycles. The summed E-state index contributed by atoms with van der Waals surface area (Å²) >= 11 is 0. The minimum Gasteiger partial charge on any atom is -0.386 e. The molecule has 2 heterocycles. The predicted octanol–water partition coefficient (Wildman–Crippen LogP) is 1.81. The fourth-order valence-corrected chi connectivity index (χ4v) is 5.93. The van der Waals surface area contributed by atoms with E-state index in [9.17, 15) is 29.1 Å². The molecule has 1 amide bonds. The fourth-order valence-electron chi connectivity index (χ4n) is 5.93. The monoisotopic (exact) mass is 480 g/mol. The minimum absolute atomic E-state index is 0.0265. The summed E-state index contributed by atoms with van der Waals surface area (Å²) in [5.41, 5.74) is -3.43. The van der Waals surface area contributed by atoms with E-state index in [1.54, 1.807) is 0 Å². The minimum atomic E-state index is -0.842. The highest BCUT2D eigenvalue weighted by Crippen LogP contribution is 2.48. The molecule has 2 aromatic heterocycles. The van der Waals surface area contributed by atoms with Crippen LogP contribution >= 0.6 is 0 Å². The average molecular weight is 481 g/mol. The largest absolute Gasteiger partial charge is 0.386 e. The molecule has 1 N–H and O–H groups in total. The zero-order valence-electron chi connectivity index (χ0n) is 20.1. The summed E-state index contributed by atoms with van der Waals surface area (Å²) in [5.74, 6) is -0.417. The molecule has 2 atom stereocenters. The standard InChI is InChI=1S/C26H28N2O7/c1-6-14(2)20(30)28(13-29)15-9-25(3,4)11-26(5,10-15)12-27-21(31)16-7-18-19(8-17(16)22(27)32)24(34)35-23(18)33/h6-8,15,29H,1-2,9-13H2,3-5H3. The lowest BCUT2D eigenvalue weighted by molar-refractivity contribution is -0.137. The third kappa shape index (κ3) is 4.10. The Balaban J connectivity index is 1.76. The van der Waals surface area contributed by atoms with Crippen molar-refractivity contribution in [3.05, 3.63) is 78.5 Å². The SMILES string of the molecule is C=CC(=C)C(=O)N(CO)C1CC(C)(C)CC(C)(Cn2c(=O)c3cc4c(=O)oc(=O)c4cc3c2=O)C1. The number of fused-ring (bicyclic) bond motifs is 2. The molecule has 4 rings (SSSR count). The van der Waals surface area contributed by atoms with Crippen LogP contribution in [0.25, 0.3) is 21.5 Å². The number of carbonyl (C=O) groups is 1. The van der Waals surface area contributed by atoms with Crippen molar-refractivity contribution in [2.45, 2.75) is 52.6 Å². The number of aliphatic hydroxyl groups excluding tert-OH is 1. The van der Waals surface area contributed by atoms with E-state index in [1.807, 2.05) is 20.8 Å². The number of aromatic nitrogens is 1. The molecule has 3 aromatic rings. The Kier molecular flexibility index (Phi) is 5.79. The Morgan fingerprint density at radius 3 is 2.11 bits per heavy atom. The van der Waals surface area contributed by atoms with Crippen LogP contribution < -0.4 is 22.4 Å². The maximum Gasteiger partial charge on any atom is 0.346 e. The molecule has 9 heteroatoms. The molecule has 9 nitrogen and oxygen atoms in total. The van der Waals surface area contributed by atoms with E-state index in [2.05, 4.69) is 17.6 Å². The van der Waals surface area contributed by atoms with Crippen molar-refractivity contribution in [2.24, 2.45) is 10.8 Å². The Hall–Kier alpha value is -3.59. The van der Waals surface area contributed by atoms with Gasteiger partial charge in [-0.15, -0.1) is 0 Å². The molecule has 0 saturated heterocycles. The molecule has 1 aliphatic rings. The summed E-state index contributed by atoms with van der Waals surface area (Å²) in [5, 5.41) is 10.1. The Morgan fingerprint density at radius 1 is 1.09 bits per heavy atom. The molecule has 184 valence electrons. The van der Waals surface area contributed by atoms with Crippen LogP contribution in [0.15, 0.2) is 60.5 Å². The molecule has 2 unspecified atom stereocenters. The summed E-state index contributed by atoms with van der Waals surface area (Å²) in [4.78, 5) is 64.4. The Bertz CT molecular complexity index is 1510. The van der Waals surface area contributed by atoms with E-state index in [4.69, 9.17) is 0 Å². The van der Waals surface area contributed by atoms with E-state index in [-0.39, 0.29) is 45.1 Å². The van der Waals surface area contributed by atoms with Gasteiger partial charge in [0, 0.05) is 18.2 Å². The van der Waals surface area contributed by atoms with Crippen LogP contribution in [0.3, 0.4) is 0 Å². The Labute approximate surface area is 200 Å². The third-order valence-corrected chi connectivity index (χ3v) is 7.07. The highest BCUT2D eigenvalue weighted by atomic mass is 16.4. The molecule has 0 bridgehead atoms. The second-order valence-corrected chi connectivity index (χ2v) is 10.7. The second-order valence-electron chi connectivity index (χ2n) is 10.7. The molecule has 0 spiro atoms. The first-order valence-corrected chi connectivity index (χ1v) is 11.3.